The molecule has 0 bridgehead atoms. The molecule has 2 aromatic heterocycles. The minimum Gasteiger partial charge on any atom is -0.332 e. The fourth-order valence-corrected chi connectivity index (χ4v) is 3.31. The molecule has 3 heterocycles. The van der Waals surface area contributed by atoms with Crippen molar-refractivity contribution >= 4 is 5.91 Å². The summed E-state index contributed by atoms with van der Waals surface area (Å²) in [6.45, 7) is 3.30. The van der Waals surface area contributed by atoms with Gasteiger partial charge in [0, 0.05) is 18.9 Å². The standard InChI is InChI=1S/C18H20N6O/c1-14-17(21-24(20-14)15-7-3-2-4-8-15)18(25)23-12-5-9-16(23)13-22-11-6-10-19-22/h2-4,6-8,10-11,16H,5,9,12-13H2,1H3. The second-order valence-corrected chi connectivity index (χ2v) is 6.28. The number of hydrogen-bond acceptors (Lipinski definition) is 4. The fraction of sp³-hybridized carbons (Fsp3) is 0.333. The lowest BCUT2D eigenvalue weighted by atomic mass is 10.2. The highest BCUT2D eigenvalue weighted by Crippen LogP contribution is 2.22. The molecule has 1 atom stereocenters. The molecule has 3 aromatic rings. The molecular weight excluding hydrogens is 316 g/mol. The summed E-state index contributed by atoms with van der Waals surface area (Å²) in [4.78, 5) is 16.5. The number of amides is 1. The summed E-state index contributed by atoms with van der Waals surface area (Å²) >= 11 is 0. The van der Waals surface area contributed by atoms with Gasteiger partial charge in [0.2, 0.25) is 0 Å². The summed E-state index contributed by atoms with van der Waals surface area (Å²) in [6.07, 6.45) is 5.68. The lowest BCUT2D eigenvalue weighted by Crippen LogP contribution is -2.38. The Balaban J connectivity index is 1.57. The summed E-state index contributed by atoms with van der Waals surface area (Å²) in [5, 5.41) is 13.1. The molecule has 0 spiro atoms. The van der Waals surface area contributed by atoms with E-state index in [-0.39, 0.29) is 11.9 Å². The Morgan fingerprint density at radius 1 is 1.20 bits per heavy atom. The third kappa shape index (κ3) is 3.05. The van der Waals surface area contributed by atoms with Crippen molar-refractivity contribution in [1.29, 1.82) is 0 Å². The van der Waals surface area contributed by atoms with Gasteiger partial charge in [-0.2, -0.15) is 15.0 Å². The Labute approximate surface area is 145 Å². The maximum Gasteiger partial charge on any atom is 0.276 e. The van der Waals surface area contributed by atoms with E-state index in [2.05, 4.69) is 15.3 Å². The van der Waals surface area contributed by atoms with Gasteiger partial charge in [0.1, 0.15) is 0 Å². The van der Waals surface area contributed by atoms with Gasteiger partial charge in [-0.1, -0.05) is 18.2 Å². The Morgan fingerprint density at radius 2 is 2.04 bits per heavy atom. The van der Waals surface area contributed by atoms with Crippen LogP contribution in [0.1, 0.15) is 29.0 Å². The zero-order valence-corrected chi connectivity index (χ0v) is 14.1. The third-order valence-corrected chi connectivity index (χ3v) is 4.57. The van der Waals surface area contributed by atoms with Crippen LogP contribution in [0.2, 0.25) is 0 Å². The van der Waals surface area contributed by atoms with Crippen LogP contribution in [0.25, 0.3) is 5.69 Å². The van der Waals surface area contributed by atoms with Crippen molar-refractivity contribution in [3.05, 3.63) is 60.2 Å². The predicted molar refractivity (Wildman–Crippen MR) is 92.4 cm³/mol. The molecule has 0 aliphatic carbocycles. The summed E-state index contributed by atoms with van der Waals surface area (Å²) in [5.41, 5.74) is 1.92. The third-order valence-electron chi connectivity index (χ3n) is 4.57. The number of aromatic nitrogens is 5. The molecule has 0 N–H and O–H groups in total. The monoisotopic (exact) mass is 336 g/mol. The number of benzene rings is 1. The van der Waals surface area contributed by atoms with Crippen LogP contribution in [-0.2, 0) is 6.54 Å². The first-order chi connectivity index (χ1) is 12.2. The molecule has 7 nitrogen and oxygen atoms in total. The second kappa shape index (κ2) is 6.51. The predicted octanol–water partition coefficient (Wildman–Crippen LogP) is 2.08. The van der Waals surface area contributed by atoms with Crippen LogP contribution < -0.4 is 0 Å². The summed E-state index contributed by atoms with van der Waals surface area (Å²) in [6, 6.07) is 11.7. The number of nitrogens with zero attached hydrogens (tertiary/aromatic N) is 6. The van der Waals surface area contributed by atoms with Crippen LogP contribution in [0.15, 0.2) is 48.8 Å². The summed E-state index contributed by atoms with van der Waals surface area (Å²) in [7, 11) is 0. The normalized spacial score (nSPS) is 17.2. The number of rotatable bonds is 4. The van der Waals surface area contributed by atoms with Crippen molar-refractivity contribution in [2.45, 2.75) is 32.4 Å². The van der Waals surface area contributed by atoms with E-state index >= 15 is 0 Å². The molecule has 1 aliphatic heterocycles. The van der Waals surface area contributed by atoms with Crippen molar-refractivity contribution in [3.63, 3.8) is 0 Å². The SMILES string of the molecule is Cc1nn(-c2ccccc2)nc1C(=O)N1CCCC1Cn1cccn1. The zero-order valence-electron chi connectivity index (χ0n) is 14.1. The minimum atomic E-state index is -0.0469. The highest BCUT2D eigenvalue weighted by atomic mass is 16.2. The number of carbonyl (C=O) groups is 1. The average Bonchev–Trinajstić information content (AvgIpc) is 3.37. The van der Waals surface area contributed by atoms with Gasteiger partial charge in [0.05, 0.1) is 24.0 Å². The quantitative estimate of drug-likeness (QED) is 0.731. The van der Waals surface area contributed by atoms with Crippen LogP contribution in [-0.4, -0.2) is 48.2 Å². The molecule has 0 radical (unpaired) electrons. The molecule has 1 saturated heterocycles. The topological polar surface area (TPSA) is 68.8 Å². The lowest BCUT2D eigenvalue weighted by Gasteiger charge is -2.24. The van der Waals surface area contributed by atoms with Crippen molar-refractivity contribution in [3.8, 4) is 5.69 Å². The first-order valence-corrected chi connectivity index (χ1v) is 8.50. The Bertz CT molecular complexity index is 855. The highest BCUT2D eigenvalue weighted by Gasteiger charge is 2.32. The molecule has 1 aliphatic rings. The molecule has 25 heavy (non-hydrogen) atoms. The van der Waals surface area contributed by atoms with E-state index in [1.54, 1.807) is 6.20 Å². The van der Waals surface area contributed by atoms with Crippen molar-refractivity contribution in [1.82, 2.24) is 29.7 Å². The van der Waals surface area contributed by atoms with Crippen LogP contribution >= 0.6 is 0 Å². The zero-order chi connectivity index (χ0) is 17.2. The van der Waals surface area contributed by atoms with E-state index < -0.39 is 0 Å². The van der Waals surface area contributed by atoms with Gasteiger partial charge in [-0.05, 0) is 38.0 Å². The first-order valence-electron chi connectivity index (χ1n) is 8.50. The van der Waals surface area contributed by atoms with E-state index in [0.717, 1.165) is 25.1 Å². The molecular formula is C18H20N6O. The van der Waals surface area contributed by atoms with Crippen LogP contribution in [0.4, 0.5) is 0 Å². The second-order valence-electron chi connectivity index (χ2n) is 6.28. The number of carbonyl (C=O) groups excluding carboxylic acids is 1. The maximum atomic E-state index is 13.0. The first kappa shape index (κ1) is 15.6. The van der Waals surface area contributed by atoms with Gasteiger partial charge >= 0.3 is 0 Å². The number of aryl methyl sites for hydroxylation is 1. The number of hydrogen-bond donors (Lipinski definition) is 0. The van der Waals surface area contributed by atoms with E-state index in [9.17, 15) is 4.79 Å². The van der Waals surface area contributed by atoms with Gasteiger partial charge in [-0.25, -0.2) is 0 Å². The highest BCUT2D eigenvalue weighted by molar-refractivity contribution is 5.93. The smallest absolute Gasteiger partial charge is 0.276 e. The Kier molecular flexibility index (Phi) is 4.05. The van der Waals surface area contributed by atoms with E-state index in [4.69, 9.17) is 0 Å². The van der Waals surface area contributed by atoms with Gasteiger partial charge < -0.3 is 4.90 Å². The molecule has 0 saturated carbocycles. The van der Waals surface area contributed by atoms with Crippen molar-refractivity contribution < 1.29 is 4.79 Å². The Morgan fingerprint density at radius 3 is 2.80 bits per heavy atom. The summed E-state index contributed by atoms with van der Waals surface area (Å²) < 4.78 is 1.88. The molecule has 1 amide bonds. The maximum absolute atomic E-state index is 13.0. The van der Waals surface area contributed by atoms with E-state index in [1.165, 1.54) is 4.80 Å². The van der Waals surface area contributed by atoms with Gasteiger partial charge in [0.25, 0.3) is 5.91 Å². The molecule has 128 valence electrons. The average molecular weight is 336 g/mol. The van der Waals surface area contributed by atoms with Crippen molar-refractivity contribution in [2.75, 3.05) is 6.54 Å². The van der Waals surface area contributed by atoms with Crippen molar-refractivity contribution in [2.24, 2.45) is 0 Å². The van der Waals surface area contributed by atoms with Gasteiger partial charge in [-0.3, -0.25) is 9.48 Å². The van der Waals surface area contributed by atoms with Crippen LogP contribution in [0.5, 0.6) is 0 Å². The molecule has 1 unspecified atom stereocenters. The largest absolute Gasteiger partial charge is 0.332 e. The minimum absolute atomic E-state index is 0.0469. The molecule has 1 aromatic carbocycles. The van der Waals surface area contributed by atoms with Gasteiger partial charge in [-0.15, -0.1) is 5.10 Å². The lowest BCUT2D eigenvalue weighted by molar-refractivity contribution is 0.0714. The van der Waals surface area contributed by atoms with E-state index in [1.807, 2.05) is 59.1 Å². The molecule has 4 rings (SSSR count). The number of para-hydroxylation sites is 1. The Hall–Kier alpha value is -2.96. The van der Waals surface area contributed by atoms with Crippen LogP contribution in [0.3, 0.4) is 0 Å². The number of likely N-dealkylation sites (tertiary alicyclic amines) is 1. The van der Waals surface area contributed by atoms with Gasteiger partial charge in [0.15, 0.2) is 5.69 Å². The fourth-order valence-electron chi connectivity index (χ4n) is 3.31. The molecule has 7 heteroatoms. The summed E-state index contributed by atoms with van der Waals surface area (Å²) in [5.74, 6) is -0.0469. The van der Waals surface area contributed by atoms with Crippen LogP contribution in [0, 0.1) is 6.92 Å². The molecule has 1 fully saturated rings. The van der Waals surface area contributed by atoms with E-state index in [0.29, 0.717) is 17.9 Å².